The number of benzene rings is 2. The van der Waals surface area contributed by atoms with Crippen molar-refractivity contribution in [3.63, 3.8) is 0 Å². The molecule has 1 aliphatic rings. The van der Waals surface area contributed by atoms with Gasteiger partial charge >= 0.3 is 8.24 Å². The molecular formula is C21H28O5P4. The van der Waals surface area contributed by atoms with Crippen LogP contribution in [0.25, 0.3) is 21.9 Å². The summed E-state index contributed by atoms with van der Waals surface area (Å²) in [6, 6.07) is 3.41. The van der Waals surface area contributed by atoms with Crippen LogP contribution in [0.2, 0.25) is 0 Å². The second-order valence-electron chi connectivity index (χ2n) is 7.97. The fraction of sp³-hybridized carbons (Fsp3) is 0.429. The molecule has 1 aliphatic heterocycles. The molecule has 0 spiro atoms. The molecule has 0 aliphatic carbocycles. The largest absolute Gasteiger partial charge is 0.504 e. The maximum Gasteiger partial charge on any atom is 0.388 e. The fourth-order valence-electron chi connectivity index (χ4n) is 3.98. The summed E-state index contributed by atoms with van der Waals surface area (Å²) in [7, 11) is 3.73. The van der Waals surface area contributed by atoms with E-state index in [1.165, 1.54) is 12.8 Å². The number of hydrogen-bond acceptors (Lipinski definition) is 5. The molecule has 30 heavy (non-hydrogen) atoms. The van der Waals surface area contributed by atoms with Gasteiger partial charge in [0.1, 0.15) is 0 Å². The number of hydrogen-bond donors (Lipinski definition) is 2. The molecule has 1 fully saturated rings. The molecule has 3 aromatic rings. The lowest BCUT2D eigenvalue weighted by molar-refractivity contribution is 0.420. The van der Waals surface area contributed by atoms with Gasteiger partial charge in [0.25, 0.3) is 0 Å². The zero-order valence-electron chi connectivity index (χ0n) is 17.6. The molecule has 0 radical (unpaired) electrons. The van der Waals surface area contributed by atoms with Gasteiger partial charge in [-0.25, -0.2) is 0 Å². The Hall–Kier alpha value is -0.810. The predicted octanol–water partition coefficient (Wildman–Crippen LogP) is 7.00. The smallest absolute Gasteiger partial charge is 0.388 e. The molecular weight excluding hydrogens is 456 g/mol. The van der Waals surface area contributed by atoms with Gasteiger partial charge in [0, 0.05) is 10.8 Å². The average Bonchev–Trinajstić information content (AvgIpc) is 2.90. The van der Waals surface area contributed by atoms with Crippen molar-refractivity contribution in [1.82, 2.24) is 0 Å². The van der Waals surface area contributed by atoms with Gasteiger partial charge in [0.05, 0.1) is 6.35 Å². The van der Waals surface area contributed by atoms with Crippen molar-refractivity contribution in [3.05, 3.63) is 34.4 Å². The van der Waals surface area contributed by atoms with E-state index >= 15 is 0 Å². The molecule has 0 amide bonds. The van der Waals surface area contributed by atoms with Gasteiger partial charge in [0.2, 0.25) is 0 Å². The third-order valence-electron chi connectivity index (χ3n) is 6.06. The Kier molecular flexibility index (Phi) is 6.43. The molecule has 2 N–H and O–H groups in total. The van der Waals surface area contributed by atoms with Gasteiger partial charge in [-0.15, -0.1) is 18.5 Å². The summed E-state index contributed by atoms with van der Waals surface area (Å²) >= 11 is 0. The van der Waals surface area contributed by atoms with Crippen LogP contribution < -0.4 is 4.52 Å². The van der Waals surface area contributed by atoms with E-state index in [0.717, 1.165) is 33.0 Å². The third kappa shape index (κ3) is 3.90. The zero-order valence-corrected chi connectivity index (χ0v) is 21.7. The monoisotopic (exact) mass is 484 g/mol. The van der Waals surface area contributed by atoms with Gasteiger partial charge in [-0.1, -0.05) is 7.92 Å². The average molecular weight is 484 g/mol. The topological polar surface area (TPSA) is 76.0 Å². The van der Waals surface area contributed by atoms with E-state index in [-0.39, 0.29) is 19.4 Å². The SMILES string of the molecule is Cc1cc(O)c2op(OCP3[C@@H](P)CC[C@@H]3P)oc3c(O)cc(C)c(C)c3c2c1C. The first kappa shape index (κ1) is 22.4. The van der Waals surface area contributed by atoms with Crippen molar-refractivity contribution in [2.24, 2.45) is 0 Å². The minimum absolute atomic E-state index is 0.0560. The van der Waals surface area contributed by atoms with Crippen molar-refractivity contribution in [2.75, 3.05) is 6.35 Å². The Labute approximate surface area is 183 Å². The standard InChI is InChI=1S/C21H28O5P4/c1-10-7-14(22)20-18(12(10)3)19-13(4)11(2)8-15(23)21(19)26-30(25-20)24-9-29-16(27)5-6-17(29)28/h7-8,16-17,22-23H,5-6,9,27-28H2,1-4H3/t16-,17-/m1/s1. The molecule has 162 valence electrons. The highest BCUT2D eigenvalue weighted by molar-refractivity contribution is 7.71. The summed E-state index contributed by atoms with van der Waals surface area (Å²) in [5, 5.41) is 24.1. The molecule has 1 aromatic heterocycles. The maximum absolute atomic E-state index is 10.7. The number of phenols is 2. The van der Waals surface area contributed by atoms with Crippen LogP contribution in [0.4, 0.5) is 0 Å². The molecule has 0 saturated carbocycles. The first-order valence-corrected chi connectivity index (χ1v) is 14.0. The molecule has 4 rings (SSSR count). The number of aromatic hydroxyl groups is 2. The molecule has 4 atom stereocenters. The summed E-state index contributed by atoms with van der Waals surface area (Å²) in [6.45, 7) is 7.89. The summed E-state index contributed by atoms with van der Waals surface area (Å²) in [5.41, 5.74) is 4.57. The Morgan fingerprint density at radius 2 is 1.33 bits per heavy atom. The zero-order chi connectivity index (χ0) is 21.7. The third-order valence-corrected chi connectivity index (χ3v) is 12.9. The van der Waals surface area contributed by atoms with Crippen LogP contribution in [-0.4, -0.2) is 27.4 Å². The second-order valence-corrected chi connectivity index (χ2v) is 14.4. The number of phenolic OH excluding ortho intramolecular Hbond substituents is 2. The lowest BCUT2D eigenvalue weighted by atomic mass is 9.96. The van der Waals surface area contributed by atoms with Gasteiger partial charge in [-0.05, 0) is 85.7 Å². The lowest BCUT2D eigenvalue weighted by Crippen LogP contribution is -2.01. The van der Waals surface area contributed by atoms with E-state index in [0.29, 0.717) is 28.3 Å². The number of aryl methyl sites for hydroxylation is 4. The highest BCUT2D eigenvalue weighted by Crippen LogP contribution is 2.60. The highest BCUT2D eigenvalue weighted by atomic mass is 31.2. The van der Waals surface area contributed by atoms with Crippen molar-refractivity contribution < 1.29 is 23.1 Å². The lowest BCUT2D eigenvalue weighted by Gasteiger charge is -2.18. The Morgan fingerprint density at radius 1 is 0.900 bits per heavy atom. The van der Waals surface area contributed by atoms with Gasteiger partial charge in [0.15, 0.2) is 22.7 Å². The first-order valence-electron chi connectivity index (χ1n) is 9.91. The van der Waals surface area contributed by atoms with E-state index in [1.807, 2.05) is 27.7 Å². The van der Waals surface area contributed by atoms with Crippen LogP contribution in [0.1, 0.15) is 35.1 Å². The van der Waals surface area contributed by atoms with Crippen molar-refractivity contribution >= 4 is 56.6 Å². The normalized spacial score (nSPS) is 19.8. The minimum atomic E-state index is -1.82. The summed E-state index contributed by atoms with van der Waals surface area (Å²) in [5.74, 6) is 0.112. The van der Waals surface area contributed by atoms with E-state index in [2.05, 4.69) is 18.5 Å². The maximum atomic E-state index is 10.7. The minimum Gasteiger partial charge on any atom is -0.504 e. The summed E-state index contributed by atoms with van der Waals surface area (Å²) in [4.78, 5) is 0. The predicted molar refractivity (Wildman–Crippen MR) is 133 cm³/mol. The molecule has 2 aromatic carbocycles. The van der Waals surface area contributed by atoms with Crippen LogP contribution in [0.15, 0.2) is 20.5 Å². The first-order chi connectivity index (χ1) is 14.2. The van der Waals surface area contributed by atoms with Gasteiger partial charge in [-0.2, -0.15) is 0 Å². The van der Waals surface area contributed by atoms with Crippen LogP contribution >= 0.6 is 34.6 Å². The van der Waals surface area contributed by atoms with Gasteiger partial charge in [-0.3, -0.25) is 4.52 Å². The molecule has 2 heterocycles. The van der Waals surface area contributed by atoms with Crippen LogP contribution in [0, 0.1) is 27.7 Å². The summed E-state index contributed by atoms with van der Waals surface area (Å²) in [6.07, 6.45) is 2.92. The van der Waals surface area contributed by atoms with Crippen LogP contribution in [-0.2, 0) is 0 Å². The summed E-state index contributed by atoms with van der Waals surface area (Å²) < 4.78 is 18.4. The van der Waals surface area contributed by atoms with Crippen LogP contribution in [0.5, 0.6) is 11.5 Å². The van der Waals surface area contributed by atoms with E-state index < -0.39 is 8.24 Å². The van der Waals surface area contributed by atoms with Gasteiger partial charge < -0.3 is 18.6 Å². The molecule has 9 heteroatoms. The van der Waals surface area contributed by atoms with Crippen molar-refractivity contribution in [3.8, 4) is 11.5 Å². The van der Waals surface area contributed by atoms with E-state index in [4.69, 9.17) is 12.9 Å². The van der Waals surface area contributed by atoms with E-state index in [1.54, 1.807) is 12.1 Å². The molecule has 2 unspecified atom stereocenters. The molecule has 0 bridgehead atoms. The highest BCUT2D eigenvalue weighted by Gasteiger charge is 2.31. The second kappa shape index (κ2) is 8.61. The fourth-order valence-corrected chi connectivity index (χ4v) is 10.4. The Bertz CT molecular complexity index is 1090. The van der Waals surface area contributed by atoms with Crippen molar-refractivity contribution in [2.45, 2.75) is 51.3 Å². The molecule has 5 nitrogen and oxygen atoms in total. The van der Waals surface area contributed by atoms with E-state index in [9.17, 15) is 10.2 Å². The number of fused-ring (bicyclic) bond motifs is 3. The Morgan fingerprint density at radius 3 is 1.77 bits per heavy atom. The van der Waals surface area contributed by atoms with Crippen LogP contribution in [0.3, 0.4) is 0 Å². The Balaban J connectivity index is 1.99. The van der Waals surface area contributed by atoms with Crippen molar-refractivity contribution in [1.29, 1.82) is 0 Å². The molecule has 1 saturated heterocycles. The number of rotatable bonds is 3. The quantitative estimate of drug-likeness (QED) is 0.392.